The molecule has 44 valence electrons. The molecule has 0 saturated heterocycles. The SMILES string of the molecule is NC(=O)[CH+]CC(N)=O. The maximum atomic E-state index is 9.89. The Kier molecular flexibility index (Phi) is 2.47. The van der Waals surface area contributed by atoms with Gasteiger partial charge in [0.05, 0.1) is 0 Å². The van der Waals surface area contributed by atoms with E-state index in [-0.39, 0.29) is 6.42 Å². The molecule has 0 rings (SSSR count). The van der Waals surface area contributed by atoms with Gasteiger partial charge in [-0.1, -0.05) is 0 Å². The molecule has 0 heterocycles. The van der Waals surface area contributed by atoms with E-state index in [9.17, 15) is 9.59 Å². The smallest absolute Gasteiger partial charge is 0.366 e. The highest BCUT2D eigenvalue weighted by molar-refractivity contribution is 5.89. The highest BCUT2D eigenvalue weighted by Gasteiger charge is 2.08. The lowest BCUT2D eigenvalue weighted by molar-refractivity contribution is -0.120. The second-order valence-corrected chi connectivity index (χ2v) is 1.28. The van der Waals surface area contributed by atoms with Gasteiger partial charge in [-0.15, -0.1) is 0 Å². The summed E-state index contributed by atoms with van der Waals surface area (Å²) in [7, 11) is 0. The van der Waals surface area contributed by atoms with Crippen LogP contribution in [-0.4, -0.2) is 11.8 Å². The molecule has 0 saturated carbocycles. The van der Waals surface area contributed by atoms with Crippen LogP contribution in [0.25, 0.3) is 0 Å². The van der Waals surface area contributed by atoms with Crippen molar-refractivity contribution in [3.05, 3.63) is 6.42 Å². The molecule has 2 amide bonds. The molecule has 0 fully saturated rings. The van der Waals surface area contributed by atoms with Gasteiger partial charge in [0.1, 0.15) is 0 Å². The molecule has 4 heteroatoms. The van der Waals surface area contributed by atoms with Gasteiger partial charge < -0.3 is 11.5 Å². The Hall–Kier alpha value is -1.19. The van der Waals surface area contributed by atoms with Crippen LogP contribution in [0.4, 0.5) is 0 Å². The third-order valence-corrected chi connectivity index (χ3v) is 0.504. The van der Waals surface area contributed by atoms with Gasteiger partial charge in [0.15, 0.2) is 12.8 Å². The van der Waals surface area contributed by atoms with Crippen LogP contribution in [0.3, 0.4) is 0 Å². The quantitative estimate of drug-likeness (QED) is 0.441. The van der Waals surface area contributed by atoms with E-state index in [0.717, 1.165) is 6.42 Å². The largest absolute Gasteiger partial charge is 0.399 e. The fraction of sp³-hybridized carbons (Fsp3) is 0.250. The van der Waals surface area contributed by atoms with Crippen molar-refractivity contribution in [2.75, 3.05) is 0 Å². The van der Waals surface area contributed by atoms with Gasteiger partial charge in [-0.3, -0.25) is 4.79 Å². The van der Waals surface area contributed by atoms with Crippen LogP contribution >= 0.6 is 0 Å². The second-order valence-electron chi connectivity index (χ2n) is 1.28. The molecule has 0 aliphatic heterocycles. The summed E-state index contributed by atoms with van der Waals surface area (Å²) in [6.45, 7) is 0. The molecule has 0 aliphatic rings. The van der Waals surface area contributed by atoms with Crippen LogP contribution in [0.2, 0.25) is 0 Å². The fourth-order valence-corrected chi connectivity index (χ4v) is 0.201. The van der Waals surface area contributed by atoms with Crippen molar-refractivity contribution >= 4 is 11.8 Å². The summed E-state index contributed by atoms with van der Waals surface area (Å²) < 4.78 is 0. The van der Waals surface area contributed by atoms with E-state index >= 15 is 0 Å². The molecule has 0 radical (unpaired) electrons. The number of carbonyl (C=O) groups is 2. The summed E-state index contributed by atoms with van der Waals surface area (Å²) in [4.78, 5) is 19.7. The van der Waals surface area contributed by atoms with Crippen molar-refractivity contribution in [1.82, 2.24) is 0 Å². The fourth-order valence-electron chi connectivity index (χ4n) is 0.201. The summed E-state index contributed by atoms with van der Waals surface area (Å²) in [5.41, 5.74) is 9.30. The molecule has 0 aromatic carbocycles. The molecule has 0 bridgehead atoms. The first-order chi connectivity index (χ1) is 3.63. The van der Waals surface area contributed by atoms with E-state index in [0.29, 0.717) is 0 Å². The Bertz CT molecular complexity index is 96.6. The standard InChI is InChI=1S/C4H6N2O2/c5-3(7)1-2-4(6)8/h1H,2H2,(H3-,5,6,7,8)/p+1. The summed E-state index contributed by atoms with van der Waals surface area (Å²) in [5, 5.41) is 0. The van der Waals surface area contributed by atoms with E-state index in [1.807, 2.05) is 0 Å². The first kappa shape index (κ1) is 6.81. The predicted molar refractivity (Wildman–Crippen MR) is 27.3 cm³/mol. The van der Waals surface area contributed by atoms with E-state index in [1.165, 1.54) is 0 Å². The molecular formula is C4H7N2O2+. The van der Waals surface area contributed by atoms with Crippen molar-refractivity contribution in [3.8, 4) is 0 Å². The minimum absolute atomic E-state index is 0.0741. The average Bonchev–Trinajstić information content (AvgIpc) is 1.61. The Morgan fingerprint density at radius 1 is 1.38 bits per heavy atom. The van der Waals surface area contributed by atoms with Gasteiger partial charge >= 0.3 is 5.91 Å². The van der Waals surface area contributed by atoms with Gasteiger partial charge in [0, 0.05) is 0 Å². The normalized spacial score (nSPS) is 8.00. The summed E-state index contributed by atoms with van der Waals surface area (Å²) in [6.07, 6.45) is 0.956. The zero-order valence-corrected chi connectivity index (χ0v) is 4.26. The molecule has 4 N–H and O–H groups in total. The Morgan fingerprint density at radius 3 is 2.00 bits per heavy atom. The van der Waals surface area contributed by atoms with Crippen molar-refractivity contribution in [1.29, 1.82) is 0 Å². The van der Waals surface area contributed by atoms with Crippen molar-refractivity contribution < 1.29 is 9.59 Å². The van der Waals surface area contributed by atoms with Gasteiger partial charge in [0.25, 0.3) is 5.91 Å². The summed E-state index contributed by atoms with van der Waals surface area (Å²) >= 11 is 0. The van der Waals surface area contributed by atoms with Gasteiger partial charge in [-0.25, -0.2) is 4.79 Å². The highest BCUT2D eigenvalue weighted by atomic mass is 16.2. The zero-order chi connectivity index (χ0) is 6.57. The molecule has 0 spiro atoms. The van der Waals surface area contributed by atoms with Gasteiger partial charge in [-0.05, 0) is 0 Å². The predicted octanol–water partition coefficient (Wildman–Crippen LogP) is -1.45. The molecule has 0 unspecified atom stereocenters. The van der Waals surface area contributed by atoms with E-state index in [2.05, 4.69) is 11.5 Å². The van der Waals surface area contributed by atoms with E-state index in [4.69, 9.17) is 0 Å². The summed E-state index contributed by atoms with van der Waals surface area (Å²) in [6, 6.07) is 0. The Balaban J connectivity index is 3.18. The lowest BCUT2D eigenvalue weighted by Crippen LogP contribution is -2.17. The minimum Gasteiger partial charge on any atom is -0.366 e. The van der Waals surface area contributed by atoms with Crippen LogP contribution in [0, 0.1) is 6.42 Å². The number of rotatable bonds is 3. The lowest BCUT2D eigenvalue weighted by Gasteiger charge is -1.77. The first-order valence-electron chi connectivity index (χ1n) is 2.04. The average molecular weight is 115 g/mol. The number of carbonyl (C=O) groups excluding carboxylic acids is 2. The van der Waals surface area contributed by atoms with E-state index in [1.54, 1.807) is 0 Å². The topological polar surface area (TPSA) is 86.2 Å². The van der Waals surface area contributed by atoms with Crippen LogP contribution in [0.1, 0.15) is 6.42 Å². The molecular weight excluding hydrogens is 108 g/mol. The molecule has 0 aromatic heterocycles. The number of hydrogen-bond donors (Lipinski definition) is 2. The first-order valence-corrected chi connectivity index (χ1v) is 2.04. The Morgan fingerprint density at radius 2 is 1.88 bits per heavy atom. The van der Waals surface area contributed by atoms with Crippen molar-refractivity contribution in [3.63, 3.8) is 0 Å². The number of amides is 2. The number of primary amides is 2. The molecule has 8 heavy (non-hydrogen) atoms. The maximum Gasteiger partial charge on any atom is 0.399 e. The van der Waals surface area contributed by atoms with Crippen LogP contribution in [-0.2, 0) is 9.59 Å². The van der Waals surface area contributed by atoms with Gasteiger partial charge in [0.2, 0.25) is 0 Å². The monoisotopic (exact) mass is 115 g/mol. The number of nitrogens with two attached hydrogens (primary N) is 2. The Labute approximate surface area is 46.8 Å². The molecule has 4 nitrogen and oxygen atoms in total. The molecule has 0 atom stereocenters. The second kappa shape index (κ2) is 2.90. The van der Waals surface area contributed by atoms with Crippen molar-refractivity contribution in [2.24, 2.45) is 11.5 Å². The minimum atomic E-state index is -0.621. The third kappa shape index (κ3) is 4.81. The summed E-state index contributed by atoms with van der Waals surface area (Å²) in [5.74, 6) is -1.17. The van der Waals surface area contributed by atoms with Crippen LogP contribution in [0.5, 0.6) is 0 Å². The van der Waals surface area contributed by atoms with E-state index < -0.39 is 11.8 Å². The molecule has 0 aromatic rings. The zero-order valence-electron chi connectivity index (χ0n) is 4.26. The van der Waals surface area contributed by atoms with Gasteiger partial charge in [-0.2, -0.15) is 0 Å². The number of hydrogen-bond acceptors (Lipinski definition) is 2. The van der Waals surface area contributed by atoms with Crippen molar-refractivity contribution in [2.45, 2.75) is 6.42 Å². The van der Waals surface area contributed by atoms with Crippen LogP contribution < -0.4 is 11.5 Å². The third-order valence-electron chi connectivity index (χ3n) is 0.504. The lowest BCUT2D eigenvalue weighted by atomic mass is 10.3. The van der Waals surface area contributed by atoms with Crippen LogP contribution in [0.15, 0.2) is 0 Å². The molecule has 0 aliphatic carbocycles. The highest BCUT2D eigenvalue weighted by Crippen LogP contribution is 1.80. The maximum absolute atomic E-state index is 9.89.